The van der Waals surface area contributed by atoms with E-state index in [-0.39, 0.29) is 29.9 Å². The number of fused-ring (bicyclic) bond motifs is 1. The highest BCUT2D eigenvalue weighted by molar-refractivity contribution is 5.99. The lowest BCUT2D eigenvalue weighted by Gasteiger charge is -2.11. The Morgan fingerprint density at radius 3 is 2.56 bits per heavy atom. The molecule has 0 saturated heterocycles. The Morgan fingerprint density at radius 2 is 1.88 bits per heavy atom. The lowest BCUT2D eigenvalue weighted by atomic mass is 10.2. The highest BCUT2D eigenvalue weighted by Crippen LogP contribution is 2.29. The molecule has 9 nitrogen and oxygen atoms in total. The zero-order valence-corrected chi connectivity index (χ0v) is 17.5. The summed E-state index contributed by atoms with van der Waals surface area (Å²) in [4.78, 5) is 40.8. The van der Waals surface area contributed by atoms with Gasteiger partial charge in [0.1, 0.15) is 5.82 Å². The monoisotopic (exact) mass is 440 g/mol. The molecule has 0 unspecified atom stereocenters. The van der Waals surface area contributed by atoms with Gasteiger partial charge < -0.3 is 20.1 Å². The van der Waals surface area contributed by atoms with Crippen molar-refractivity contribution in [1.82, 2.24) is 9.55 Å². The van der Waals surface area contributed by atoms with E-state index in [2.05, 4.69) is 22.2 Å². The molecule has 0 aliphatic carbocycles. The molecule has 1 aromatic heterocycles. The molecular formula is C22H21FN4O5. The Morgan fingerprint density at radius 1 is 1.16 bits per heavy atom. The number of ether oxygens (including phenoxy) is 2. The van der Waals surface area contributed by atoms with Crippen LogP contribution in [0.3, 0.4) is 0 Å². The zero-order chi connectivity index (χ0) is 23.3. The van der Waals surface area contributed by atoms with Gasteiger partial charge in [-0.15, -0.1) is 0 Å². The van der Waals surface area contributed by atoms with Crippen LogP contribution in [0.5, 0.6) is 11.5 Å². The van der Waals surface area contributed by atoms with Crippen LogP contribution in [0.15, 0.2) is 54.1 Å². The van der Waals surface area contributed by atoms with E-state index in [1.165, 1.54) is 43.3 Å². The first-order valence-corrected chi connectivity index (χ1v) is 9.50. The summed E-state index contributed by atoms with van der Waals surface area (Å²) in [5, 5.41) is 5.25. The van der Waals surface area contributed by atoms with E-state index >= 15 is 0 Å². The van der Waals surface area contributed by atoms with E-state index in [1.807, 2.05) is 0 Å². The second-order valence-electron chi connectivity index (χ2n) is 6.65. The number of methoxy groups -OCH3 is 2. The number of carbonyl (C=O) groups is 2. The Bertz CT molecular complexity index is 1260. The number of nitrogens with zero attached hydrogens (tertiary/aromatic N) is 2. The van der Waals surface area contributed by atoms with Gasteiger partial charge in [-0.2, -0.15) is 0 Å². The van der Waals surface area contributed by atoms with Crippen molar-refractivity contribution in [3.63, 3.8) is 0 Å². The van der Waals surface area contributed by atoms with E-state index in [4.69, 9.17) is 9.47 Å². The first kappa shape index (κ1) is 22.5. The molecular weight excluding hydrogens is 419 g/mol. The second kappa shape index (κ2) is 9.73. The van der Waals surface area contributed by atoms with Gasteiger partial charge in [0.25, 0.3) is 5.56 Å². The minimum absolute atomic E-state index is 0.0356. The van der Waals surface area contributed by atoms with Crippen LogP contribution in [0.1, 0.15) is 6.42 Å². The van der Waals surface area contributed by atoms with Crippen LogP contribution in [0.4, 0.5) is 15.8 Å². The quantitative estimate of drug-likeness (QED) is 0.521. The number of amides is 2. The van der Waals surface area contributed by atoms with Crippen molar-refractivity contribution < 1.29 is 23.5 Å². The molecule has 0 aliphatic rings. The first-order valence-electron chi connectivity index (χ1n) is 9.50. The molecule has 0 aliphatic heterocycles. The third-order valence-electron chi connectivity index (χ3n) is 4.60. The van der Waals surface area contributed by atoms with Crippen LogP contribution >= 0.6 is 0 Å². The number of nitrogens with one attached hydrogen (secondary N) is 2. The molecule has 32 heavy (non-hydrogen) atoms. The van der Waals surface area contributed by atoms with Gasteiger partial charge in [-0.25, -0.2) is 9.37 Å². The first-order chi connectivity index (χ1) is 15.4. The largest absolute Gasteiger partial charge is 0.493 e. The van der Waals surface area contributed by atoms with Crippen LogP contribution in [0.25, 0.3) is 10.9 Å². The fraction of sp³-hybridized carbons (Fsp3) is 0.182. The molecule has 0 spiro atoms. The molecule has 0 atom stereocenters. The fourth-order valence-corrected chi connectivity index (χ4v) is 2.97. The fourth-order valence-electron chi connectivity index (χ4n) is 2.97. The summed E-state index contributed by atoms with van der Waals surface area (Å²) in [6, 6.07) is 6.91. The summed E-state index contributed by atoms with van der Waals surface area (Å²) in [5.74, 6) is -0.794. The summed E-state index contributed by atoms with van der Waals surface area (Å²) in [6.07, 6.45) is 2.32. The molecule has 0 saturated carbocycles. The second-order valence-corrected chi connectivity index (χ2v) is 6.65. The third kappa shape index (κ3) is 4.91. The van der Waals surface area contributed by atoms with Crippen LogP contribution in [0.2, 0.25) is 0 Å². The van der Waals surface area contributed by atoms with Gasteiger partial charge in [-0.05, 0) is 30.3 Å². The third-order valence-corrected chi connectivity index (χ3v) is 4.60. The van der Waals surface area contributed by atoms with Crippen molar-refractivity contribution in [2.45, 2.75) is 13.0 Å². The molecule has 0 fully saturated rings. The number of hydrogen-bond acceptors (Lipinski definition) is 6. The van der Waals surface area contributed by atoms with Gasteiger partial charge in [-0.3, -0.25) is 19.0 Å². The van der Waals surface area contributed by atoms with Crippen molar-refractivity contribution in [2.75, 3.05) is 24.9 Å². The number of anilines is 2. The van der Waals surface area contributed by atoms with Crippen molar-refractivity contribution in [1.29, 1.82) is 0 Å². The molecule has 1 heterocycles. The molecule has 10 heteroatoms. The number of aromatic nitrogens is 2. The van der Waals surface area contributed by atoms with Gasteiger partial charge in [0.15, 0.2) is 11.5 Å². The maximum atomic E-state index is 13.8. The van der Waals surface area contributed by atoms with Crippen LogP contribution in [-0.2, 0) is 16.1 Å². The van der Waals surface area contributed by atoms with Crippen LogP contribution in [0, 0.1) is 5.82 Å². The SMILES string of the molecule is C=CC(=O)Nc1cc(NC(=O)CCn2cnc3cc(OC)c(OC)cc3c2=O)ccc1F. The minimum Gasteiger partial charge on any atom is -0.493 e. The molecule has 0 radical (unpaired) electrons. The summed E-state index contributed by atoms with van der Waals surface area (Å²) < 4.78 is 25.6. The van der Waals surface area contributed by atoms with Crippen molar-refractivity contribution in [3.05, 3.63) is 65.5 Å². The van der Waals surface area contributed by atoms with Gasteiger partial charge in [0.05, 0.1) is 37.1 Å². The molecule has 2 N–H and O–H groups in total. The van der Waals surface area contributed by atoms with Crippen LogP contribution < -0.4 is 25.7 Å². The van der Waals surface area contributed by atoms with E-state index in [1.54, 1.807) is 6.07 Å². The molecule has 2 amide bonds. The summed E-state index contributed by atoms with van der Waals surface area (Å²) in [5.41, 5.74) is 0.303. The molecule has 2 aromatic carbocycles. The Labute approximate surface area is 182 Å². The van der Waals surface area contributed by atoms with Crippen molar-refractivity contribution >= 4 is 34.1 Å². The summed E-state index contributed by atoms with van der Waals surface area (Å²) >= 11 is 0. The highest BCUT2D eigenvalue weighted by atomic mass is 19.1. The molecule has 0 bridgehead atoms. The topological polar surface area (TPSA) is 112 Å². The highest BCUT2D eigenvalue weighted by Gasteiger charge is 2.13. The smallest absolute Gasteiger partial charge is 0.261 e. The predicted octanol–water partition coefficient (Wildman–Crippen LogP) is 2.71. The molecule has 3 aromatic rings. The average molecular weight is 440 g/mol. The normalized spacial score (nSPS) is 10.5. The van der Waals surface area contributed by atoms with Crippen molar-refractivity contribution in [3.8, 4) is 11.5 Å². The number of rotatable bonds is 8. The van der Waals surface area contributed by atoms with Gasteiger partial charge in [0, 0.05) is 24.7 Å². The average Bonchev–Trinajstić information content (AvgIpc) is 2.79. The Balaban J connectivity index is 1.73. The lowest BCUT2D eigenvalue weighted by molar-refractivity contribution is -0.116. The van der Waals surface area contributed by atoms with E-state index in [9.17, 15) is 18.8 Å². The number of carbonyl (C=O) groups excluding carboxylic acids is 2. The van der Waals surface area contributed by atoms with E-state index in [0.717, 1.165) is 12.1 Å². The van der Waals surface area contributed by atoms with E-state index < -0.39 is 17.6 Å². The van der Waals surface area contributed by atoms with E-state index in [0.29, 0.717) is 22.4 Å². The minimum atomic E-state index is -0.654. The van der Waals surface area contributed by atoms with Crippen molar-refractivity contribution in [2.24, 2.45) is 0 Å². The maximum absolute atomic E-state index is 13.8. The summed E-state index contributed by atoms with van der Waals surface area (Å²) in [7, 11) is 2.95. The zero-order valence-electron chi connectivity index (χ0n) is 17.5. The Hall–Kier alpha value is -4.21. The predicted molar refractivity (Wildman–Crippen MR) is 118 cm³/mol. The van der Waals surface area contributed by atoms with Gasteiger partial charge in [-0.1, -0.05) is 6.58 Å². The standard InChI is InChI=1S/C22H21FN4O5/c1-4-20(28)26-17-9-13(5-6-15(17)23)25-21(29)7-8-27-12-24-16-11-19(32-3)18(31-2)10-14(16)22(27)30/h4-6,9-12H,1,7-8H2,2-3H3,(H,25,29)(H,26,28). The number of hydrogen-bond donors (Lipinski definition) is 2. The number of halogens is 1. The number of aryl methyl sites for hydroxylation is 1. The maximum Gasteiger partial charge on any atom is 0.261 e. The lowest BCUT2D eigenvalue weighted by Crippen LogP contribution is -2.23. The van der Waals surface area contributed by atoms with Gasteiger partial charge in [0.2, 0.25) is 11.8 Å². The van der Waals surface area contributed by atoms with Gasteiger partial charge >= 0.3 is 0 Å². The Kier molecular flexibility index (Phi) is 6.83. The molecule has 166 valence electrons. The summed E-state index contributed by atoms with van der Waals surface area (Å²) in [6.45, 7) is 3.38. The number of benzene rings is 2. The van der Waals surface area contributed by atoms with Crippen LogP contribution in [-0.4, -0.2) is 35.6 Å². The molecule has 3 rings (SSSR count).